The second-order valence-electron chi connectivity index (χ2n) is 6.74. The topological polar surface area (TPSA) is 39.9 Å². The van der Waals surface area contributed by atoms with Gasteiger partial charge in [0.15, 0.2) is 5.16 Å². The average molecular weight is 402 g/mol. The Morgan fingerprint density at radius 2 is 1.52 bits per heavy atom. The molecule has 0 spiro atoms. The van der Waals surface area contributed by atoms with Crippen molar-refractivity contribution >= 4 is 11.8 Å². The van der Waals surface area contributed by atoms with Crippen molar-refractivity contribution in [2.24, 2.45) is 0 Å². The van der Waals surface area contributed by atoms with E-state index in [0.717, 1.165) is 34.6 Å². The molecule has 0 aliphatic carbocycles. The van der Waals surface area contributed by atoms with Crippen LogP contribution in [0.2, 0.25) is 0 Å². The fourth-order valence-electron chi connectivity index (χ4n) is 3.05. The molecule has 4 nitrogen and oxygen atoms in total. The van der Waals surface area contributed by atoms with Crippen molar-refractivity contribution in [1.29, 1.82) is 0 Å². The summed E-state index contributed by atoms with van der Waals surface area (Å²) < 4.78 is 7.97. The normalized spacial score (nSPS) is 10.8. The lowest BCUT2D eigenvalue weighted by atomic mass is 10.1. The number of thioether (sulfide) groups is 1. The minimum atomic E-state index is 0.615. The minimum absolute atomic E-state index is 0.615. The van der Waals surface area contributed by atoms with E-state index in [-0.39, 0.29) is 0 Å². The maximum Gasteiger partial charge on any atom is 0.195 e. The van der Waals surface area contributed by atoms with E-state index in [1.54, 1.807) is 11.8 Å². The van der Waals surface area contributed by atoms with Gasteiger partial charge in [0.1, 0.15) is 11.6 Å². The monoisotopic (exact) mass is 401 g/mol. The minimum Gasteiger partial charge on any atom is -0.493 e. The van der Waals surface area contributed by atoms with Crippen LogP contribution in [0.5, 0.6) is 5.75 Å². The van der Waals surface area contributed by atoms with E-state index in [1.807, 2.05) is 36.4 Å². The number of para-hydroxylation sites is 1. The molecule has 4 aromatic rings. The summed E-state index contributed by atoms with van der Waals surface area (Å²) in [6.07, 6.45) is 0.739. The van der Waals surface area contributed by atoms with E-state index in [0.29, 0.717) is 6.61 Å². The number of aryl methyl sites for hydroxylation is 1. The predicted octanol–water partition coefficient (Wildman–Crippen LogP) is 5.34. The summed E-state index contributed by atoms with van der Waals surface area (Å²) in [5.41, 5.74) is 3.53. The molecular weight excluding hydrogens is 378 g/mol. The summed E-state index contributed by atoms with van der Waals surface area (Å²) in [7, 11) is 0. The molecule has 0 N–H and O–H groups in total. The number of rotatable bonds is 8. The fraction of sp³-hybridized carbons (Fsp3) is 0.167. The Labute approximate surface area is 175 Å². The van der Waals surface area contributed by atoms with Gasteiger partial charge in [0.05, 0.1) is 6.61 Å². The lowest BCUT2D eigenvalue weighted by Gasteiger charge is -2.11. The predicted molar refractivity (Wildman–Crippen MR) is 118 cm³/mol. The quantitative estimate of drug-likeness (QED) is 0.295. The summed E-state index contributed by atoms with van der Waals surface area (Å²) >= 11 is 1.66. The van der Waals surface area contributed by atoms with Crippen LogP contribution < -0.4 is 4.74 Å². The molecule has 0 fully saturated rings. The van der Waals surface area contributed by atoms with E-state index in [4.69, 9.17) is 4.74 Å². The summed E-state index contributed by atoms with van der Waals surface area (Å²) in [4.78, 5) is 0. The SMILES string of the molecule is Cc1ccc(-n2c(Cc3ccccc3)nnc2SCCOc2ccccc2)cc1. The van der Waals surface area contributed by atoms with Crippen LogP contribution >= 0.6 is 11.8 Å². The van der Waals surface area contributed by atoms with Gasteiger partial charge in [0.25, 0.3) is 0 Å². The maximum atomic E-state index is 5.81. The van der Waals surface area contributed by atoms with Crippen LogP contribution in [-0.2, 0) is 6.42 Å². The van der Waals surface area contributed by atoms with Gasteiger partial charge in [-0.25, -0.2) is 0 Å². The molecule has 29 heavy (non-hydrogen) atoms. The molecule has 0 aliphatic rings. The van der Waals surface area contributed by atoms with Gasteiger partial charge in [-0.15, -0.1) is 10.2 Å². The first-order chi connectivity index (χ1) is 14.3. The third kappa shape index (κ3) is 5.06. The van der Waals surface area contributed by atoms with Crippen molar-refractivity contribution in [3.63, 3.8) is 0 Å². The van der Waals surface area contributed by atoms with Crippen LogP contribution in [0.25, 0.3) is 5.69 Å². The van der Waals surface area contributed by atoms with Gasteiger partial charge in [-0.3, -0.25) is 4.57 Å². The second-order valence-corrected chi connectivity index (χ2v) is 7.80. The average Bonchev–Trinajstić information content (AvgIpc) is 3.15. The van der Waals surface area contributed by atoms with Gasteiger partial charge in [-0.2, -0.15) is 0 Å². The van der Waals surface area contributed by atoms with Crippen molar-refractivity contribution in [1.82, 2.24) is 14.8 Å². The molecule has 0 saturated carbocycles. The third-order valence-corrected chi connectivity index (χ3v) is 5.42. The molecule has 1 aromatic heterocycles. The third-order valence-electron chi connectivity index (χ3n) is 4.52. The molecule has 0 saturated heterocycles. The Balaban J connectivity index is 1.52. The van der Waals surface area contributed by atoms with E-state index in [9.17, 15) is 0 Å². The van der Waals surface area contributed by atoms with Gasteiger partial charge in [0.2, 0.25) is 0 Å². The van der Waals surface area contributed by atoms with E-state index < -0.39 is 0 Å². The first-order valence-corrected chi connectivity index (χ1v) is 10.6. The van der Waals surface area contributed by atoms with E-state index >= 15 is 0 Å². The maximum absolute atomic E-state index is 5.81. The van der Waals surface area contributed by atoms with Crippen LogP contribution in [0.4, 0.5) is 0 Å². The van der Waals surface area contributed by atoms with Gasteiger partial charge < -0.3 is 4.74 Å². The molecule has 0 radical (unpaired) electrons. The van der Waals surface area contributed by atoms with Crippen molar-refractivity contribution in [2.45, 2.75) is 18.5 Å². The number of hydrogen-bond donors (Lipinski definition) is 0. The first kappa shape index (κ1) is 19.3. The number of benzene rings is 3. The highest BCUT2D eigenvalue weighted by Crippen LogP contribution is 2.24. The van der Waals surface area contributed by atoms with Crippen LogP contribution in [0, 0.1) is 6.92 Å². The highest BCUT2D eigenvalue weighted by Gasteiger charge is 2.15. The molecule has 0 aliphatic heterocycles. The van der Waals surface area contributed by atoms with Gasteiger partial charge in [0, 0.05) is 17.9 Å². The Hall–Kier alpha value is -3.05. The molecule has 0 amide bonds. The van der Waals surface area contributed by atoms with Crippen LogP contribution in [-0.4, -0.2) is 27.1 Å². The molecular formula is C24H23N3OS. The highest BCUT2D eigenvalue weighted by atomic mass is 32.2. The summed E-state index contributed by atoms with van der Waals surface area (Å²) in [5, 5.41) is 9.86. The Morgan fingerprint density at radius 3 is 2.24 bits per heavy atom. The highest BCUT2D eigenvalue weighted by molar-refractivity contribution is 7.99. The summed E-state index contributed by atoms with van der Waals surface area (Å²) in [6.45, 7) is 2.71. The van der Waals surface area contributed by atoms with Crippen LogP contribution in [0.15, 0.2) is 90.1 Å². The molecule has 146 valence electrons. The van der Waals surface area contributed by atoms with E-state index in [2.05, 4.69) is 70.2 Å². The molecule has 1 heterocycles. The molecule has 0 bridgehead atoms. The molecule has 3 aromatic carbocycles. The van der Waals surface area contributed by atoms with Crippen molar-refractivity contribution < 1.29 is 4.74 Å². The number of ether oxygens (including phenoxy) is 1. The molecule has 5 heteroatoms. The summed E-state index contributed by atoms with van der Waals surface area (Å²) in [6, 6.07) is 28.7. The zero-order chi connectivity index (χ0) is 19.9. The largest absolute Gasteiger partial charge is 0.493 e. The molecule has 0 atom stereocenters. The number of aromatic nitrogens is 3. The Kier molecular flexibility index (Phi) is 6.27. The van der Waals surface area contributed by atoms with Crippen molar-refractivity contribution in [2.75, 3.05) is 12.4 Å². The van der Waals surface area contributed by atoms with E-state index in [1.165, 1.54) is 11.1 Å². The van der Waals surface area contributed by atoms with Crippen LogP contribution in [0.1, 0.15) is 17.0 Å². The van der Waals surface area contributed by atoms with Gasteiger partial charge in [-0.05, 0) is 36.8 Å². The number of hydrogen-bond acceptors (Lipinski definition) is 4. The van der Waals surface area contributed by atoms with Crippen molar-refractivity contribution in [3.8, 4) is 11.4 Å². The Bertz CT molecular complexity index is 1030. The van der Waals surface area contributed by atoms with Crippen LogP contribution in [0.3, 0.4) is 0 Å². The molecule has 0 unspecified atom stereocenters. The summed E-state index contributed by atoms with van der Waals surface area (Å²) in [5.74, 6) is 2.62. The zero-order valence-corrected chi connectivity index (χ0v) is 17.2. The lowest BCUT2D eigenvalue weighted by Crippen LogP contribution is -2.05. The fourth-order valence-corrected chi connectivity index (χ4v) is 3.84. The van der Waals surface area contributed by atoms with Gasteiger partial charge >= 0.3 is 0 Å². The Morgan fingerprint density at radius 1 is 0.828 bits per heavy atom. The zero-order valence-electron chi connectivity index (χ0n) is 16.4. The molecule has 4 rings (SSSR count). The lowest BCUT2D eigenvalue weighted by molar-refractivity contribution is 0.344. The first-order valence-electron chi connectivity index (χ1n) is 9.65. The second kappa shape index (κ2) is 9.43. The van der Waals surface area contributed by atoms with Crippen molar-refractivity contribution in [3.05, 3.63) is 102 Å². The number of nitrogens with zero attached hydrogens (tertiary/aromatic N) is 3. The standard InChI is InChI=1S/C24H23N3OS/c1-19-12-14-21(15-13-19)27-23(18-20-8-4-2-5-9-20)25-26-24(27)29-17-16-28-22-10-6-3-7-11-22/h2-15H,16-18H2,1H3. The smallest absolute Gasteiger partial charge is 0.195 e. The van der Waals surface area contributed by atoms with Gasteiger partial charge in [-0.1, -0.05) is 78.0 Å².